The lowest BCUT2D eigenvalue weighted by Crippen LogP contribution is -2.05. The van der Waals surface area contributed by atoms with Crippen LogP contribution in [0.4, 0.5) is 0 Å². The van der Waals surface area contributed by atoms with Crippen LogP contribution in [0.3, 0.4) is 0 Å². The van der Waals surface area contributed by atoms with Gasteiger partial charge in [-0.25, -0.2) is 8.42 Å². The van der Waals surface area contributed by atoms with Gasteiger partial charge in [0.25, 0.3) is 0 Å². The molecule has 0 N–H and O–H groups in total. The van der Waals surface area contributed by atoms with Crippen LogP contribution >= 0.6 is 11.8 Å². The van der Waals surface area contributed by atoms with E-state index in [-0.39, 0.29) is 0 Å². The summed E-state index contributed by atoms with van der Waals surface area (Å²) in [6.45, 7) is 1.95. The Morgan fingerprint density at radius 3 is 2.44 bits per heavy atom. The normalized spacial score (nSPS) is 16.9. The van der Waals surface area contributed by atoms with Gasteiger partial charge in [0.2, 0.25) is 9.84 Å². The zero-order valence-electron chi connectivity index (χ0n) is 9.14. The average molecular weight is 254 g/mol. The summed E-state index contributed by atoms with van der Waals surface area (Å²) in [6.07, 6.45) is 3.77. The molecule has 0 aliphatic carbocycles. The van der Waals surface area contributed by atoms with Gasteiger partial charge in [-0.05, 0) is 37.7 Å². The molecule has 0 spiro atoms. The zero-order chi connectivity index (χ0) is 11.6. The molecule has 0 bridgehead atoms. The second kappa shape index (κ2) is 4.63. The van der Waals surface area contributed by atoms with E-state index in [2.05, 4.69) is 0 Å². The Morgan fingerprint density at radius 1 is 1.19 bits per heavy atom. The topological polar surface area (TPSA) is 34.1 Å². The van der Waals surface area contributed by atoms with Gasteiger partial charge in [-0.2, -0.15) is 0 Å². The van der Waals surface area contributed by atoms with E-state index in [0.29, 0.717) is 9.13 Å². The molecule has 1 aromatic carbocycles. The maximum Gasteiger partial charge on any atom is 0.212 e. The molecule has 2 nitrogen and oxygen atoms in total. The van der Waals surface area contributed by atoms with Crippen molar-refractivity contribution >= 4 is 21.6 Å². The molecule has 1 aliphatic heterocycles. The standard InChI is InChI=1S/C12H14O2S2/c1-10-5-7-11(8-6-10)16(13,14)12-4-2-3-9-15-12/h4-8H,2-3,9H2,1H3. The lowest BCUT2D eigenvalue weighted by molar-refractivity contribution is 0.603. The summed E-state index contributed by atoms with van der Waals surface area (Å²) >= 11 is 1.44. The first-order valence-corrected chi connectivity index (χ1v) is 7.72. The van der Waals surface area contributed by atoms with Crippen LogP contribution < -0.4 is 0 Å². The average Bonchev–Trinajstić information content (AvgIpc) is 2.31. The number of hydrogen-bond acceptors (Lipinski definition) is 3. The fourth-order valence-electron chi connectivity index (χ4n) is 1.56. The molecule has 1 aliphatic rings. The number of sulfone groups is 1. The third kappa shape index (κ3) is 2.33. The second-order valence-electron chi connectivity index (χ2n) is 3.83. The number of rotatable bonds is 2. The summed E-state index contributed by atoms with van der Waals surface area (Å²) in [6, 6.07) is 7.03. The molecule has 1 aromatic rings. The lowest BCUT2D eigenvalue weighted by Gasteiger charge is -2.12. The van der Waals surface area contributed by atoms with Gasteiger partial charge in [0.1, 0.15) is 4.24 Å². The Balaban J connectivity index is 2.38. The second-order valence-corrected chi connectivity index (χ2v) is 7.14. The van der Waals surface area contributed by atoms with Crippen molar-refractivity contribution in [2.45, 2.75) is 24.7 Å². The summed E-state index contributed by atoms with van der Waals surface area (Å²) in [5, 5.41) is 0. The molecule has 0 fully saturated rings. The fraction of sp³-hybridized carbons (Fsp3) is 0.333. The monoisotopic (exact) mass is 254 g/mol. The predicted octanol–water partition coefficient (Wildman–Crippen LogP) is 3.14. The van der Waals surface area contributed by atoms with Crippen LogP contribution in [0.25, 0.3) is 0 Å². The molecule has 16 heavy (non-hydrogen) atoms. The third-order valence-electron chi connectivity index (χ3n) is 2.50. The van der Waals surface area contributed by atoms with Crippen LogP contribution in [0.1, 0.15) is 18.4 Å². The van der Waals surface area contributed by atoms with E-state index in [1.807, 2.05) is 25.1 Å². The lowest BCUT2D eigenvalue weighted by atomic mass is 10.2. The first-order valence-electron chi connectivity index (χ1n) is 5.25. The molecule has 4 heteroatoms. The number of thioether (sulfide) groups is 1. The SMILES string of the molecule is Cc1ccc(S(=O)(=O)C2=CCCCS2)cc1. The predicted molar refractivity (Wildman–Crippen MR) is 68.1 cm³/mol. The van der Waals surface area contributed by atoms with Crippen LogP contribution in [0.5, 0.6) is 0 Å². The molecule has 1 heterocycles. The van der Waals surface area contributed by atoms with Gasteiger partial charge in [0.15, 0.2) is 0 Å². The molecule has 86 valence electrons. The van der Waals surface area contributed by atoms with Gasteiger partial charge in [0.05, 0.1) is 4.90 Å². The van der Waals surface area contributed by atoms with Gasteiger partial charge in [-0.15, -0.1) is 11.8 Å². The fourth-order valence-corrected chi connectivity index (χ4v) is 4.53. The first kappa shape index (κ1) is 11.7. The van der Waals surface area contributed by atoms with Crippen LogP contribution in [-0.2, 0) is 9.84 Å². The van der Waals surface area contributed by atoms with E-state index in [1.54, 1.807) is 12.1 Å². The highest BCUT2D eigenvalue weighted by Gasteiger charge is 2.22. The van der Waals surface area contributed by atoms with E-state index in [4.69, 9.17) is 0 Å². The molecule has 0 saturated carbocycles. The minimum Gasteiger partial charge on any atom is -0.218 e. The Labute approximate surface area is 101 Å². The molecular formula is C12H14O2S2. The van der Waals surface area contributed by atoms with Crippen molar-refractivity contribution in [3.05, 3.63) is 40.1 Å². The van der Waals surface area contributed by atoms with Gasteiger partial charge in [-0.1, -0.05) is 23.8 Å². The number of allylic oxidation sites excluding steroid dienone is 1. The van der Waals surface area contributed by atoms with Crippen molar-refractivity contribution in [3.8, 4) is 0 Å². The number of aryl methyl sites for hydroxylation is 1. The van der Waals surface area contributed by atoms with Crippen LogP contribution in [-0.4, -0.2) is 14.2 Å². The quantitative estimate of drug-likeness (QED) is 0.813. The molecule has 0 aromatic heterocycles. The van der Waals surface area contributed by atoms with E-state index >= 15 is 0 Å². The van der Waals surface area contributed by atoms with Crippen LogP contribution in [0, 0.1) is 6.92 Å². The first-order chi connectivity index (χ1) is 7.60. The van der Waals surface area contributed by atoms with Crippen molar-refractivity contribution in [2.75, 3.05) is 5.75 Å². The molecule has 2 rings (SSSR count). The molecule has 0 radical (unpaired) electrons. The Bertz CT molecular complexity index is 498. The Hall–Kier alpha value is -0.740. The molecular weight excluding hydrogens is 240 g/mol. The summed E-state index contributed by atoms with van der Waals surface area (Å²) < 4.78 is 24.9. The highest BCUT2D eigenvalue weighted by Crippen LogP contribution is 2.32. The summed E-state index contributed by atoms with van der Waals surface area (Å²) in [5.74, 6) is 0.900. The summed E-state index contributed by atoms with van der Waals surface area (Å²) in [7, 11) is -3.25. The van der Waals surface area contributed by atoms with Crippen LogP contribution in [0.2, 0.25) is 0 Å². The zero-order valence-corrected chi connectivity index (χ0v) is 10.8. The van der Waals surface area contributed by atoms with E-state index < -0.39 is 9.84 Å². The smallest absolute Gasteiger partial charge is 0.212 e. The van der Waals surface area contributed by atoms with Crippen LogP contribution in [0.15, 0.2) is 39.5 Å². The Kier molecular flexibility index (Phi) is 3.40. The summed E-state index contributed by atoms with van der Waals surface area (Å²) in [4.78, 5) is 0.402. The highest BCUT2D eigenvalue weighted by atomic mass is 32.3. The molecule has 0 unspecified atom stereocenters. The number of benzene rings is 1. The van der Waals surface area contributed by atoms with Gasteiger partial charge in [-0.3, -0.25) is 0 Å². The van der Waals surface area contributed by atoms with Crippen molar-refractivity contribution in [2.24, 2.45) is 0 Å². The molecule has 0 atom stereocenters. The third-order valence-corrected chi connectivity index (χ3v) is 6.04. The van der Waals surface area contributed by atoms with Crippen molar-refractivity contribution in [1.29, 1.82) is 0 Å². The molecule has 0 saturated heterocycles. The van der Waals surface area contributed by atoms with Gasteiger partial charge < -0.3 is 0 Å². The minimum atomic E-state index is -3.25. The maximum atomic E-state index is 12.2. The van der Waals surface area contributed by atoms with Gasteiger partial charge >= 0.3 is 0 Å². The van der Waals surface area contributed by atoms with Gasteiger partial charge in [0, 0.05) is 0 Å². The minimum absolute atomic E-state index is 0.402. The highest BCUT2D eigenvalue weighted by molar-refractivity contribution is 8.18. The van der Waals surface area contributed by atoms with Crippen molar-refractivity contribution in [3.63, 3.8) is 0 Å². The van der Waals surface area contributed by atoms with E-state index in [1.165, 1.54) is 11.8 Å². The summed E-state index contributed by atoms with van der Waals surface area (Å²) in [5.41, 5.74) is 1.07. The van der Waals surface area contributed by atoms with E-state index in [9.17, 15) is 8.42 Å². The number of hydrogen-bond donors (Lipinski definition) is 0. The van der Waals surface area contributed by atoms with Crippen molar-refractivity contribution in [1.82, 2.24) is 0 Å². The molecule has 0 amide bonds. The maximum absolute atomic E-state index is 12.2. The Morgan fingerprint density at radius 2 is 1.88 bits per heavy atom. The van der Waals surface area contributed by atoms with Crippen molar-refractivity contribution < 1.29 is 8.42 Å². The van der Waals surface area contributed by atoms with E-state index in [0.717, 1.165) is 24.2 Å². The largest absolute Gasteiger partial charge is 0.218 e.